The van der Waals surface area contributed by atoms with E-state index in [1.165, 1.54) is 56.8 Å². The average Bonchev–Trinajstić information content (AvgIpc) is 3.45. The highest BCUT2D eigenvalue weighted by Gasteiger charge is 2.61. The lowest BCUT2D eigenvalue weighted by Crippen LogP contribution is -2.54. The Hall–Kier alpha value is -1.95. The first-order chi connectivity index (χ1) is 18.1. The highest BCUT2D eigenvalue weighted by molar-refractivity contribution is 5.69. The Labute approximate surface area is 227 Å². The molecule has 2 aromatic rings. The summed E-state index contributed by atoms with van der Waals surface area (Å²) in [6.45, 7) is 12.4. The zero-order valence-corrected chi connectivity index (χ0v) is 24.1. The minimum Gasteiger partial charge on any atom is -0.393 e. The smallest absolute Gasteiger partial charge is 0.300 e. The molecule has 2 heterocycles. The molecule has 0 aliphatic heterocycles. The summed E-state index contributed by atoms with van der Waals surface area (Å²) in [7, 11) is 0. The van der Waals surface area contributed by atoms with Crippen LogP contribution in [0, 0.1) is 46.3 Å². The SMILES string of the molecule is CC(C)CCC[C@@H](C)[C@H]1CC[C@H]2[C@@H]3CC=C4C[C@@H](O)CC(n5cnc6c(=O)nc[nH]c65)[C@]4(C)[C@H]3CC[C@]12C. The zero-order valence-electron chi connectivity index (χ0n) is 24.1. The number of aliphatic hydroxyl groups excluding tert-OH is 1. The van der Waals surface area contributed by atoms with Crippen molar-refractivity contribution in [2.45, 2.75) is 111 Å². The van der Waals surface area contributed by atoms with Gasteiger partial charge in [0.2, 0.25) is 0 Å². The van der Waals surface area contributed by atoms with Crippen molar-refractivity contribution in [3.63, 3.8) is 0 Å². The molecule has 9 atom stereocenters. The van der Waals surface area contributed by atoms with Gasteiger partial charge in [0, 0.05) is 11.5 Å². The number of hydrogen-bond acceptors (Lipinski definition) is 4. The van der Waals surface area contributed by atoms with E-state index in [1.807, 2.05) is 6.33 Å². The van der Waals surface area contributed by atoms with Gasteiger partial charge in [0.05, 0.1) is 18.8 Å². The normalized spacial score (nSPS) is 39.5. The first-order valence-electron chi connectivity index (χ1n) is 15.4. The number of hydrogen-bond donors (Lipinski definition) is 2. The third-order valence-corrected chi connectivity index (χ3v) is 12.1. The van der Waals surface area contributed by atoms with E-state index in [-0.39, 0.29) is 23.1 Å². The van der Waals surface area contributed by atoms with Crippen LogP contribution in [0.1, 0.15) is 105 Å². The second kappa shape index (κ2) is 9.60. The summed E-state index contributed by atoms with van der Waals surface area (Å²) in [5.74, 6) is 4.54. The standard InChI is InChI=1S/C32H48N4O2/c1-19(2)7-6-8-20(3)24-11-12-25-23-10-9-21-15-22(37)16-27(32(21,5)26(23)13-14-31(24,25)4)36-18-35-28-29(36)33-17-34-30(28)38/h9,17-20,22-27,37H,6-8,10-16H2,1-5H3,(H,33,34,38)/t20-,22-,23+,24-,25+,26+,27?,31-,32+/m1/s1. The summed E-state index contributed by atoms with van der Waals surface area (Å²) < 4.78 is 2.17. The van der Waals surface area contributed by atoms with Crippen LogP contribution in [0.2, 0.25) is 0 Å². The van der Waals surface area contributed by atoms with Gasteiger partial charge in [-0.3, -0.25) is 4.79 Å². The largest absolute Gasteiger partial charge is 0.393 e. The van der Waals surface area contributed by atoms with Gasteiger partial charge in [-0.2, -0.15) is 4.98 Å². The van der Waals surface area contributed by atoms with E-state index < -0.39 is 0 Å². The molecule has 0 saturated heterocycles. The Kier molecular flexibility index (Phi) is 6.64. The highest BCUT2D eigenvalue weighted by atomic mass is 16.3. The van der Waals surface area contributed by atoms with E-state index in [1.54, 1.807) is 0 Å². The van der Waals surface area contributed by atoms with Gasteiger partial charge in [0.25, 0.3) is 0 Å². The molecule has 2 N–H and O–H groups in total. The fourth-order valence-electron chi connectivity index (χ4n) is 10.2. The Morgan fingerprint density at radius 1 is 1.13 bits per heavy atom. The van der Waals surface area contributed by atoms with Gasteiger partial charge in [0.1, 0.15) is 5.65 Å². The molecule has 6 rings (SSSR count). The van der Waals surface area contributed by atoms with Crippen molar-refractivity contribution in [2.24, 2.45) is 46.3 Å². The van der Waals surface area contributed by atoms with Gasteiger partial charge in [0.15, 0.2) is 5.52 Å². The second-order valence-corrected chi connectivity index (χ2v) is 14.3. The molecule has 0 amide bonds. The third kappa shape index (κ3) is 3.95. The molecule has 2 aromatic heterocycles. The number of imidazole rings is 1. The van der Waals surface area contributed by atoms with E-state index in [9.17, 15) is 9.90 Å². The number of aromatic nitrogens is 4. The summed E-state index contributed by atoms with van der Waals surface area (Å²) in [5, 5.41) is 11.0. The summed E-state index contributed by atoms with van der Waals surface area (Å²) in [6, 6.07) is 0.0739. The fourth-order valence-corrected chi connectivity index (χ4v) is 10.2. The van der Waals surface area contributed by atoms with Gasteiger partial charge < -0.3 is 14.7 Å². The minimum absolute atomic E-state index is 0.0434. The van der Waals surface area contributed by atoms with Crippen molar-refractivity contribution in [1.82, 2.24) is 19.5 Å². The van der Waals surface area contributed by atoms with Crippen molar-refractivity contribution in [3.8, 4) is 0 Å². The van der Waals surface area contributed by atoms with Crippen LogP contribution < -0.4 is 5.56 Å². The molecule has 4 aliphatic carbocycles. The van der Waals surface area contributed by atoms with E-state index in [2.05, 4.69) is 60.2 Å². The summed E-state index contributed by atoms with van der Waals surface area (Å²) in [5.41, 5.74) is 2.69. The molecule has 4 aliphatic rings. The number of rotatable bonds is 6. The molecule has 3 saturated carbocycles. The van der Waals surface area contributed by atoms with Crippen molar-refractivity contribution in [2.75, 3.05) is 0 Å². The van der Waals surface area contributed by atoms with Gasteiger partial charge in [-0.05, 0) is 85.9 Å². The minimum atomic E-state index is -0.363. The quantitative estimate of drug-likeness (QED) is 0.417. The first kappa shape index (κ1) is 26.3. The van der Waals surface area contributed by atoms with Crippen LogP contribution in [0.25, 0.3) is 11.2 Å². The summed E-state index contributed by atoms with van der Waals surface area (Å²) in [4.78, 5) is 24.0. The molecule has 208 valence electrons. The maximum atomic E-state index is 12.4. The molecule has 38 heavy (non-hydrogen) atoms. The number of allylic oxidation sites excluding steroid dienone is 1. The summed E-state index contributed by atoms with van der Waals surface area (Å²) in [6.07, 6.45) is 17.5. The first-order valence-corrected chi connectivity index (χ1v) is 15.4. The molecule has 0 aromatic carbocycles. The number of aromatic amines is 1. The number of aliphatic hydroxyl groups is 1. The van der Waals surface area contributed by atoms with Gasteiger partial charge >= 0.3 is 5.56 Å². The van der Waals surface area contributed by atoms with Crippen LogP contribution in [-0.2, 0) is 0 Å². The third-order valence-electron chi connectivity index (χ3n) is 12.1. The molecule has 0 radical (unpaired) electrons. The van der Waals surface area contributed by atoms with E-state index in [0.717, 1.165) is 42.2 Å². The molecule has 0 bridgehead atoms. The predicted octanol–water partition coefficient (Wildman–Crippen LogP) is 6.67. The average molecular weight is 521 g/mol. The van der Waals surface area contributed by atoms with Crippen LogP contribution >= 0.6 is 0 Å². The molecule has 3 fully saturated rings. The second-order valence-electron chi connectivity index (χ2n) is 14.3. The molecule has 6 heteroatoms. The lowest BCUT2D eigenvalue weighted by Gasteiger charge is -2.60. The number of fused-ring (bicyclic) bond motifs is 6. The van der Waals surface area contributed by atoms with Crippen molar-refractivity contribution < 1.29 is 5.11 Å². The molecule has 6 nitrogen and oxygen atoms in total. The lowest BCUT2D eigenvalue weighted by atomic mass is 9.46. The van der Waals surface area contributed by atoms with Crippen molar-refractivity contribution in [1.29, 1.82) is 0 Å². The predicted molar refractivity (Wildman–Crippen MR) is 152 cm³/mol. The Morgan fingerprint density at radius 3 is 2.74 bits per heavy atom. The fraction of sp³-hybridized carbons (Fsp3) is 0.781. The van der Waals surface area contributed by atoms with Crippen LogP contribution in [0.3, 0.4) is 0 Å². The van der Waals surface area contributed by atoms with Crippen LogP contribution in [0.15, 0.2) is 29.1 Å². The number of H-pyrrole nitrogens is 1. The topological polar surface area (TPSA) is 83.8 Å². The van der Waals surface area contributed by atoms with E-state index in [4.69, 9.17) is 0 Å². The van der Waals surface area contributed by atoms with E-state index in [0.29, 0.717) is 29.2 Å². The van der Waals surface area contributed by atoms with Crippen molar-refractivity contribution in [3.05, 3.63) is 34.7 Å². The highest BCUT2D eigenvalue weighted by Crippen LogP contribution is 2.68. The Morgan fingerprint density at radius 2 is 1.95 bits per heavy atom. The maximum Gasteiger partial charge on any atom is 0.300 e. The Bertz CT molecular complexity index is 1260. The van der Waals surface area contributed by atoms with E-state index >= 15 is 0 Å². The molecule has 0 spiro atoms. The monoisotopic (exact) mass is 520 g/mol. The van der Waals surface area contributed by atoms with Crippen LogP contribution in [-0.4, -0.2) is 30.7 Å². The number of nitrogens with zero attached hydrogens (tertiary/aromatic N) is 3. The van der Waals surface area contributed by atoms with Gasteiger partial charge in [-0.25, -0.2) is 4.98 Å². The molecular weight excluding hydrogens is 472 g/mol. The maximum absolute atomic E-state index is 12.4. The lowest BCUT2D eigenvalue weighted by molar-refractivity contribution is -0.0751. The zero-order chi connectivity index (χ0) is 26.8. The van der Waals surface area contributed by atoms with Crippen LogP contribution in [0.5, 0.6) is 0 Å². The number of nitrogens with one attached hydrogen (secondary N) is 1. The van der Waals surface area contributed by atoms with Crippen molar-refractivity contribution >= 4 is 11.2 Å². The molecular formula is C32H48N4O2. The Balaban J connectivity index is 1.32. The van der Waals surface area contributed by atoms with Crippen LogP contribution in [0.4, 0.5) is 0 Å². The van der Waals surface area contributed by atoms with Gasteiger partial charge in [-0.15, -0.1) is 0 Å². The summed E-state index contributed by atoms with van der Waals surface area (Å²) >= 11 is 0. The van der Waals surface area contributed by atoms with Gasteiger partial charge in [-0.1, -0.05) is 65.5 Å². The molecule has 1 unspecified atom stereocenters.